The lowest BCUT2D eigenvalue weighted by atomic mass is 10.2. The molecule has 0 aliphatic rings. The number of aromatic amines is 1. The van der Waals surface area contributed by atoms with E-state index in [-0.39, 0.29) is 24.0 Å². The Balaban J connectivity index is 1.76. The molecule has 0 amide bonds. The van der Waals surface area contributed by atoms with E-state index in [2.05, 4.69) is 15.1 Å². The molecule has 3 aromatic heterocycles. The summed E-state index contributed by atoms with van der Waals surface area (Å²) in [6.45, 7) is 5.07. The topological polar surface area (TPSA) is 81.5 Å². The Morgan fingerprint density at radius 3 is 2.89 bits per heavy atom. The van der Waals surface area contributed by atoms with Crippen molar-refractivity contribution in [2.24, 2.45) is 0 Å². The third-order valence-electron chi connectivity index (χ3n) is 4.22. The number of hydrogen-bond acceptors (Lipinski definition) is 5. The number of ketones is 1. The first kappa shape index (κ1) is 17.0. The van der Waals surface area contributed by atoms with Gasteiger partial charge in [-0.1, -0.05) is 0 Å². The summed E-state index contributed by atoms with van der Waals surface area (Å²) >= 11 is 0. The van der Waals surface area contributed by atoms with Crippen molar-refractivity contribution in [3.63, 3.8) is 0 Å². The number of nitrogens with zero attached hydrogens (tertiary/aromatic N) is 3. The normalized spacial score (nSPS) is 11.3. The molecule has 0 bridgehead atoms. The van der Waals surface area contributed by atoms with E-state index in [1.807, 2.05) is 6.92 Å². The van der Waals surface area contributed by atoms with Crippen LogP contribution in [0.4, 0.5) is 4.39 Å². The second-order valence-electron chi connectivity index (χ2n) is 6.36. The maximum Gasteiger partial charge on any atom is 0.247 e. The van der Waals surface area contributed by atoms with Crippen molar-refractivity contribution in [2.75, 3.05) is 6.61 Å². The molecule has 4 rings (SSSR count). The predicted octanol–water partition coefficient (Wildman–Crippen LogP) is 3.73. The number of aromatic nitrogens is 4. The molecule has 0 spiro atoms. The summed E-state index contributed by atoms with van der Waals surface area (Å²) in [5.74, 6) is 0.197. The number of hydrogen-bond donors (Lipinski definition) is 1. The van der Waals surface area contributed by atoms with Gasteiger partial charge in [-0.3, -0.25) is 4.79 Å². The van der Waals surface area contributed by atoms with Gasteiger partial charge in [0.1, 0.15) is 24.2 Å². The van der Waals surface area contributed by atoms with E-state index in [1.165, 1.54) is 17.8 Å². The number of H-pyrrole nitrogens is 1. The molecule has 1 N–H and O–H groups in total. The van der Waals surface area contributed by atoms with Crippen LogP contribution < -0.4 is 9.47 Å². The van der Waals surface area contributed by atoms with Crippen molar-refractivity contribution in [3.8, 4) is 17.4 Å². The van der Waals surface area contributed by atoms with Crippen molar-refractivity contribution in [1.29, 1.82) is 0 Å². The largest absolute Gasteiger partial charge is 0.484 e. The number of benzene rings is 1. The number of halogens is 1. The Kier molecular flexibility index (Phi) is 4.02. The fourth-order valence-corrected chi connectivity index (χ4v) is 2.98. The first-order valence-electron chi connectivity index (χ1n) is 8.35. The first-order valence-corrected chi connectivity index (χ1v) is 8.35. The lowest BCUT2D eigenvalue weighted by Crippen LogP contribution is -2.06. The highest BCUT2D eigenvalue weighted by Crippen LogP contribution is 2.34. The zero-order chi connectivity index (χ0) is 19.1. The number of carbonyl (C=O) groups excluding carboxylic acids is 1. The van der Waals surface area contributed by atoms with Gasteiger partial charge in [0, 0.05) is 22.2 Å². The molecular formula is C19H17FN4O3. The molecular weight excluding hydrogens is 351 g/mol. The highest BCUT2D eigenvalue weighted by Gasteiger charge is 2.18. The van der Waals surface area contributed by atoms with Crippen LogP contribution in [-0.2, 0) is 4.79 Å². The van der Waals surface area contributed by atoms with Crippen molar-refractivity contribution >= 4 is 22.2 Å². The summed E-state index contributed by atoms with van der Waals surface area (Å²) < 4.78 is 27.6. The molecule has 0 radical (unpaired) electrons. The molecule has 7 nitrogen and oxygen atoms in total. The first-order chi connectivity index (χ1) is 12.9. The van der Waals surface area contributed by atoms with Crippen LogP contribution in [0.2, 0.25) is 0 Å². The molecule has 8 heteroatoms. The maximum absolute atomic E-state index is 14.8. The Morgan fingerprint density at radius 2 is 2.11 bits per heavy atom. The number of Topliss-reactive ketones (excluding diaryl/α,β-unsaturated/α-hetero) is 1. The van der Waals surface area contributed by atoms with Crippen LogP contribution >= 0.6 is 0 Å². The fraction of sp³-hybridized carbons (Fsp3) is 0.211. The van der Waals surface area contributed by atoms with Crippen LogP contribution in [0.3, 0.4) is 0 Å². The maximum atomic E-state index is 14.8. The molecule has 0 saturated carbocycles. The highest BCUT2D eigenvalue weighted by molar-refractivity contribution is 5.83. The minimum atomic E-state index is -0.467. The average Bonchev–Trinajstić information content (AvgIpc) is 3.16. The van der Waals surface area contributed by atoms with Gasteiger partial charge in [-0.2, -0.15) is 10.1 Å². The second kappa shape index (κ2) is 6.39. The molecule has 138 valence electrons. The third kappa shape index (κ3) is 2.99. The van der Waals surface area contributed by atoms with E-state index >= 15 is 0 Å². The molecule has 0 fully saturated rings. The minimum absolute atomic E-state index is 0.0422. The van der Waals surface area contributed by atoms with Crippen LogP contribution in [0.15, 0.2) is 30.7 Å². The van der Waals surface area contributed by atoms with E-state index in [9.17, 15) is 9.18 Å². The van der Waals surface area contributed by atoms with Gasteiger partial charge in [0.2, 0.25) is 5.88 Å². The van der Waals surface area contributed by atoms with Crippen LogP contribution in [0, 0.1) is 19.7 Å². The van der Waals surface area contributed by atoms with E-state index in [0.29, 0.717) is 27.7 Å². The summed E-state index contributed by atoms with van der Waals surface area (Å²) in [6.07, 6.45) is 2.95. The zero-order valence-electron chi connectivity index (χ0n) is 15.0. The van der Waals surface area contributed by atoms with E-state index in [1.54, 1.807) is 31.3 Å². The van der Waals surface area contributed by atoms with Crippen molar-refractivity contribution in [3.05, 3.63) is 47.8 Å². The van der Waals surface area contributed by atoms with E-state index in [4.69, 9.17) is 9.47 Å². The highest BCUT2D eigenvalue weighted by atomic mass is 19.1. The van der Waals surface area contributed by atoms with Gasteiger partial charge in [0.25, 0.3) is 0 Å². The quantitative estimate of drug-likeness (QED) is 0.580. The van der Waals surface area contributed by atoms with Gasteiger partial charge in [-0.25, -0.2) is 8.91 Å². The number of fused-ring (bicyclic) bond motifs is 2. The minimum Gasteiger partial charge on any atom is -0.484 e. The molecule has 0 atom stereocenters. The third-order valence-corrected chi connectivity index (χ3v) is 4.22. The average molecular weight is 368 g/mol. The number of nitrogens with one attached hydrogen (secondary N) is 1. The Labute approximate surface area is 153 Å². The Bertz CT molecular complexity index is 1180. The second-order valence-corrected chi connectivity index (χ2v) is 6.36. The SMILES string of the molecule is CC(=O)COc1cn2ncnc(Oc3ccc4[nH]c(C)cc4c3F)c2c1C. The lowest BCUT2D eigenvalue weighted by molar-refractivity contribution is -0.118. The van der Waals surface area contributed by atoms with Crippen LogP contribution in [0.25, 0.3) is 16.4 Å². The molecule has 4 aromatic rings. The van der Waals surface area contributed by atoms with Gasteiger partial charge in [-0.15, -0.1) is 0 Å². The molecule has 1 aromatic carbocycles. The summed E-state index contributed by atoms with van der Waals surface area (Å²) in [5.41, 5.74) is 2.80. The van der Waals surface area contributed by atoms with Crippen LogP contribution in [0.1, 0.15) is 18.2 Å². The van der Waals surface area contributed by atoms with Crippen molar-refractivity contribution in [2.45, 2.75) is 20.8 Å². The van der Waals surface area contributed by atoms with Gasteiger partial charge in [0.05, 0.1) is 6.20 Å². The Hall–Kier alpha value is -3.42. The summed E-state index contributed by atoms with van der Waals surface area (Å²) in [7, 11) is 0. The number of aryl methyl sites for hydroxylation is 2. The number of rotatable bonds is 5. The van der Waals surface area contributed by atoms with Gasteiger partial charge < -0.3 is 14.5 Å². The van der Waals surface area contributed by atoms with E-state index < -0.39 is 5.82 Å². The monoisotopic (exact) mass is 368 g/mol. The summed E-state index contributed by atoms with van der Waals surface area (Å²) in [5, 5.41) is 4.58. The molecule has 0 saturated heterocycles. The van der Waals surface area contributed by atoms with Gasteiger partial charge in [0.15, 0.2) is 17.3 Å². The summed E-state index contributed by atoms with van der Waals surface area (Å²) in [6, 6.07) is 5.03. The standard InChI is InChI=1S/C19H17FN4O3/c1-10-6-13-14(23-10)4-5-15(17(13)20)27-19-18-12(3)16(26-8-11(2)25)7-24(18)22-9-21-19/h4-7,9,23H,8H2,1-3H3. The zero-order valence-corrected chi connectivity index (χ0v) is 15.0. The molecule has 0 unspecified atom stereocenters. The van der Waals surface area contributed by atoms with E-state index in [0.717, 1.165) is 5.69 Å². The number of ether oxygens (including phenoxy) is 2. The van der Waals surface area contributed by atoms with Gasteiger partial charge in [-0.05, 0) is 39.0 Å². The molecule has 0 aliphatic carbocycles. The van der Waals surface area contributed by atoms with Crippen LogP contribution in [0.5, 0.6) is 17.4 Å². The molecule has 0 aliphatic heterocycles. The predicted molar refractivity (Wildman–Crippen MR) is 97.0 cm³/mol. The fourth-order valence-electron chi connectivity index (χ4n) is 2.98. The van der Waals surface area contributed by atoms with Gasteiger partial charge >= 0.3 is 0 Å². The van der Waals surface area contributed by atoms with Crippen LogP contribution in [-0.4, -0.2) is 32.0 Å². The summed E-state index contributed by atoms with van der Waals surface area (Å²) in [4.78, 5) is 18.4. The van der Waals surface area contributed by atoms with Crippen molar-refractivity contribution in [1.82, 2.24) is 19.6 Å². The Morgan fingerprint density at radius 1 is 1.30 bits per heavy atom. The van der Waals surface area contributed by atoms with Crippen molar-refractivity contribution < 1.29 is 18.7 Å². The lowest BCUT2D eigenvalue weighted by Gasteiger charge is -2.08. The number of carbonyl (C=O) groups is 1. The molecule has 3 heterocycles. The molecule has 27 heavy (non-hydrogen) atoms. The smallest absolute Gasteiger partial charge is 0.247 e.